The number of aliphatic hydroxyl groups excluding tert-OH is 1. The van der Waals surface area contributed by atoms with Crippen molar-refractivity contribution in [3.63, 3.8) is 0 Å². The van der Waals surface area contributed by atoms with Crippen molar-refractivity contribution in [2.24, 2.45) is 5.92 Å². The van der Waals surface area contributed by atoms with Crippen LogP contribution in [0.2, 0.25) is 0 Å². The number of hydrogen-bond acceptors (Lipinski definition) is 3. The molecule has 0 aromatic heterocycles. The van der Waals surface area contributed by atoms with Gasteiger partial charge in [-0.2, -0.15) is 0 Å². The Kier molecular flexibility index (Phi) is 5.73. The Morgan fingerprint density at radius 3 is 2.86 bits per heavy atom. The first-order valence-corrected chi connectivity index (χ1v) is 7.85. The maximum Gasteiger partial charge on any atom is 0.126 e. The predicted octanol–water partition coefficient (Wildman–Crippen LogP) is 2.49. The zero-order chi connectivity index (χ0) is 15.4. The van der Waals surface area contributed by atoms with Gasteiger partial charge in [-0.25, -0.2) is 4.39 Å². The zero-order valence-corrected chi connectivity index (χ0v) is 13.3. The molecule has 1 aromatic carbocycles. The summed E-state index contributed by atoms with van der Waals surface area (Å²) in [5.41, 5.74) is 1.68. The molecule has 21 heavy (non-hydrogen) atoms. The molecule has 3 unspecified atom stereocenters. The van der Waals surface area contributed by atoms with E-state index in [1.54, 1.807) is 13.0 Å². The molecule has 0 spiro atoms. The summed E-state index contributed by atoms with van der Waals surface area (Å²) in [5, 5.41) is 12.8. The van der Waals surface area contributed by atoms with Crippen LogP contribution in [0.15, 0.2) is 18.2 Å². The van der Waals surface area contributed by atoms with Gasteiger partial charge in [0.05, 0.1) is 6.61 Å². The predicted molar refractivity (Wildman–Crippen MR) is 83.8 cm³/mol. The maximum absolute atomic E-state index is 13.7. The van der Waals surface area contributed by atoms with Gasteiger partial charge in [0.2, 0.25) is 0 Å². The SMILES string of the molecule is CNC(CCN1CCC(C)C1CO)c1ccc(C)c(F)c1. The van der Waals surface area contributed by atoms with Crippen molar-refractivity contribution in [3.8, 4) is 0 Å². The van der Waals surface area contributed by atoms with Crippen LogP contribution in [0, 0.1) is 18.7 Å². The summed E-state index contributed by atoms with van der Waals surface area (Å²) >= 11 is 0. The lowest BCUT2D eigenvalue weighted by Crippen LogP contribution is -2.37. The number of halogens is 1. The average Bonchev–Trinajstić information content (AvgIpc) is 2.83. The second-order valence-electron chi connectivity index (χ2n) is 6.19. The highest BCUT2D eigenvalue weighted by atomic mass is 19.1. The van der Waals surface area contributed by atoms with Crippen LogP contribution in [0.5, 0.6) is 0 Å². The van der Waals surface area contributed by atoms with E-state index >= 15 is 0 Å². The van der Waals surface area contributed by atoms with E-state index in [4.69, 9.17) is 0 Å². The van der Waals surface area contributed by atoms with E-state index in [9.17, 15) is 9.50 Å². The Labute approximate surface area is 127 Å². The fourth-order valence-electron chi connectivity index (χ4n) is 3.26. The van der Waals surface area contributed by atoms with Gasteiger partial charge in [-0.1, -0.05) is 19.1 Å². The van der Waals surface area contributed by atoms with Crippen molar-refractivity contribution >= 4 is 0 Å². The average molecular weight is 294 g/mol. The standard InChI is InChI=1S/C17H27FN2O/c1-12-4-5-14(10-15(12)18)16(19-3)7-9-20-8-6-13(2)17(20)11-21/h4-5,10,13,16-17,19,21H,6-9,11H2,1-3H3. The smallest absolute Gasteiger partial charge is 0.126 e. The first-order chi connectivity index (χ1) is 10.1. The molecule has 1 aromatic rings. The molecule has 1 fully saturated rings. The zero-order valence-electron chi connectivity index (χ0n) is 13.3. The molecular formula is C17H27FN2O. The summed E-state index contributed by atoms with van der Waals surface area (Å²) in [4.78, 5) is 2.36. The van der Waals surface area contributed by atoms with Crippen LogP contribution in [0.4, 0.5) is 4.39 Å². The molecule has 2 N–H and O–H groups in total. The summed E-state index contributed by atoms with van der Waals surface area (Å²) in [6.07, 6.45) is 2.07. The maximum atomic E-state index is 13.7. The molecular weight excluding hydrogens is 267 g/mol. The largest absolute Gasteiger partial charge is 0.395 e. The summed E-state index contributed by atoms with van der Waals surface area (Å²) in [6, 6.07) is 5.89. The molecule has 0 aliphatic carbocycles. The van der Waals surface area contributed by atoms with Gasteiger partial charge in [-0.15, -0.1) is 0 Å². The van der Waals surface area contributed by atoms with Gasteiger partial charge in [-0.3, -0.25) is 4.90 Å². The van der Waals surface area contributed by atoms with Crippen molar-refractivity contribution in [1.29, 1.82) is 0 Å². The minimum atomic E-state index is -0.143. The van der Waals surface area contributed by atoms with Gasteiger partial charge >= 0.3 is 0 Å². The Morgan fingerprint density at radius 1 is 1.48 bits per heavy atom. The Morgan fingerprint density at radius 2 is 2.24 bits per heavy atom. The van der Waals surface area contributed by atoms with Crippen LogP contribution in [0.1, 0.15) is 36.9 Å². The molecule has 0 amide bonds. The fourth-order valence-corrected chi connectivity index (χ4v) is 3.26. The quantitative estimate of drug-likeness (QED) is 0.846. The van der Waals surface area contributed by atoms with Crippen LogP contribution in [0.3, 0.4) is 0 Å². The van der Waals surface area contributed by atoms with E-state index in [1.807, 2.05) is 19.2 Å². The van der Waals surface area contributed by atoms with Gasteiger partial charge in [-0.05, 0) is 56.5 Å². The summed E-state index contributed by atoms with van der Waals surface area (Å²) < 4.78 is 13.7. The molecule has 0 radical (unpaired) electrons. The molecule has 1 heterocycles. The molecule has 0 saturated carbocycles. The molecule has 118 valence electrons. The van der Waals surface area contributed by atoms with Crippen LogP contribution < -0.4 is 5.32 Å². The molecule has 0 bridgehead atoms. The third kappa shape index (κ3) is 3.82. The highest BCUT2D eigenvalue weighted by Crippen LogP contribution is 2.26. The third-order valence-corrected chi connectivity index (χ3v) is 4.84. The molecule has 3 nitrogen and oxygen atoms in total. The number of rotatable bonds is 6. The Bertz CT molecular complexity index is 466. The Balaban J connectivity index is 1.98. The van der Waals surface area contributed by atoms with E-state index in [0.29, 0.717) is 11.5 Å². The van der Waals surface area contributed by atoms with Crippen molar-refractivity contribution < 1.29 is 9.50 Å². The Hall–Kier alpha value is -0.970. The first kappa shape index (κ1) is 16.4. The van der Waals surface area contributed by atoms with E-state index in [0.717, 1.165) is 31.5 Å². The van der Waals surface area contributed by atoms with E-state index in [1.165, 1.54) is 0 Å². The van der Waals surface area contributed by atoms with Gasteiger partial charge in [0, 0.05) is 18.6 Å². The number of benzene rings is 1. The van der Waals surface area contributed by atoms with Crippen LogP contribution in [-0.2, 0) is 0 Å². The fraction of sp³-hybridized carbons (Fsp3) is 0.647. The summed E-state index contributed by atoms with van der Waals surface area (Å²) in [7, 11) is 1.92. The monoisotopic (exact) mass is 294 g/mol. The summed E-state index contributed by atoms with van der Waals surface area (Å²) in [6.45, 7) is 6.18. The van der Waals surface area contributed by atoms with Gasteiger partial charge < -0.3 is 10.4 Å². The number of aliphatic hydroxyl groups is 1. The van der Waals surface area contributed by atoms with Crippen LogP contribution >= 0.6 is 0 Å². The van der Waals surface area contributed by atoms with Crippen molar-refractivity contribution in [3.05, 3.63) is 35.1 Å². The lowest BCUT2D eigenvalue weighted by molar-refractivity contribution is 0.135. The van der Waals surface area contributed by atoms with Crippen molar-refractivity contribution in [2.75, 3.05) is 26.7 Å². The molecule has 1 aliphatic rings. The van der Waals surface area contributed by atoms with Gasteiger partial charge in [0.1, 0.15) is 5.82 Å². The molecule has 3 atom stereocenters. The molecule has 2 rings (SSSR count). The minimum Gasteiger partial charge on any atom is -0.395 e. The number of hydrogen-bond donors (Lipinski definition) is 2. The molecule has 1 saturated heterocycles. The van der Waals surface area contributed by atoms with E-state index < -0.39 is 0 Å². The third-order valence-electron chi connectivity index (χ3n) is 4.84. The van der Waals surface area contributed by atoms with Gasteiger partial charge in [0.15, 0.2) is 0 Å². The lowest BCUT2D eigenvalue weighted by Gasteiger charge is -2.27. The first-order valence-electron chi connectivity index (χ1n) is 7.85. The number of likely N-dealkylation sites (tertiary alicyclic amines) is 1. The van der Waals surface area contributed by atoms with E-state index in [-0.39, 0.29) is 24.5 Å². The van der Waals surface area contributed by atoms with Gasteiger partial charge in [0.25, 0.3) is 0 Å². The lowest BCUT2D eigenvalue weighted by atomic mass is 10.0. The normalized spacial score (nSPS) is 24.4. The van der Waals surface area contributed by atoms with Crippen LogP contribution in [0.25, 0.3) is 0 Å². The highest BCUT2D eigenvalue weighted by molar-refractivity contribution is 5.25. The molecule has 1 aliphatic heterocycles. The van der Waals surface area contributed by atoms with E-state index in [2.05, 4.69) is 17.1 Å². The minimum absolute atomic E-state index is 0.143. The number of nitrogens with zero attached hydrogens (tertiary/aromatic N) is 1. The number of nitrogens with one attached hydrogen (secondary N) is 1. The van der Waals surface area contributed by atoms with Crippen LogP contribution in [-0.4, -0.2) is 42.8 Å². The summed E-state index contributed by atoms with van der Waals surface area (Å²) in [5.74, 6) is 0.413. The second kappa shape index (κ2) is 7.34. The second-order valence-corrected chi connectivity index (χ2v) is 6.19. The highest BCUT2D eigenvalue weighted by Gasteiger charge is 2.30. The molecule has 4 heteroatoms. The topological polar surface area (TPSA) is 35.5 Å². The van der Waals surface area contributed by atoms with Crippen molar-refractivity contribution in [2.45, 2.75) is 38.8 Å². The number of aryl methyl sites for hydroxylation is 1. The van der Waals surface area contributed by atoms with Crippen molar-refractivity contribution in [1.82, 2.24) is 10.2 Å².